The van der Waals surface area contributed by atoms with E-state index in [0.29, 0.717) is 24.5 Å². The number of benzene rings is 1. The molecule has 1 aromatic carbocycles. The molecule has 0 N–H and O–H groups in total. The lowest BCUT2D eigenvalue weighted by atomic mass is 10.2. The molecule has 17 heavy (non-hydrogen) atoms. The average Bonchev–Trinajstić information content (AvgIpc) is 3.18. The summed E-state index contributed by atoms with van der Waals surface area (Å²) in [6.07, 6.45) is 3.92. The Bertz CT molecular complexity index is 393. The van der Waals surface area contributed by atoms with Gasteiger partial charge in [0.1, 0.15) is 18.4 Å². The smallest absolute Gasteiger partial charge is 0.137 e. The maximum Gasteiger partial charge on any atom is 0.137 e. The Kier molecular flexibility index (Phi) is 4.40. The maximum absolute atomic E-state index is 8.87. The van der Waals surface area contributed by atoms with Crippen LogP contribution in [0.25, 0.3) is 0 Å². The van der Waals surface area contributed by atoms with Crippen LogP contribution < -0.4 is 4.74 Å². The Labute approximate surface area is 102 Å². The Balaban J connectivity index is 1.61. The Morgan fingerprint density at radius 2 is 2.00 bits per heavy atom. The van der Waals surface area contributed by atoms with Crippen LogP contribution in [0.5, 0.6) is 5.75 Å². The van der Waals surface area contributed by atoms with Gasteiger partial charge in [-0.15, -0.1) is 0 Å². The molecule has 0 aromatic heterocycles. The van der Waals surface area contributed by atoms with Gasteiger partial charge in [-0.3, -0.25) is 0 Å². The van der Waals surface area contributed by atoms with Gasteiger partial charge in [-0.2, -0.15) is 5.26 Å². The molecule has 1 aliphatic rings. The summed E-state index contributed by atoms with van der Waals surface area (Å²) in [6.45, 7) is 1.92. The molecule has 3 heteroatoms. The van der Waals surface area contributed by atoms with Crippen LogP contribution in [0.4, 0.5) is 0 Å². The van der Waals surface area contributed by atoms with E-state index in [1.54, 1.807) is 6.07 Å². The topological polar surface area (TPSA) is 42.2 Å². The van der Waals surface area contributed by atoms with Crippen molar-refractivity contribution in [2.75, 3.05) is 19.8 Å². The number of nitriles is 1. The molecule has 0 heterocycles. The van der Waals surface area contributed by atoms with E-state index in [1.165, 1.54) is 19.3 Å². The zero-order valence-corrected chi connectivity index (χ0v) is 9.89. The summed E-state index contributed by atoms with van der Waals surface area (Å²) >= 11 is 0. The van der Waals surface area contributed by atoms with E-state index < -0.39 is 0 Å². The van der Waals surface area contributed by atoms with Crippen molar-refractivity contribution in [1.29, 1.82) is 5.26 Å². The molecule has 1 fully saturated rings. The molecule has 0 radical (unpaired) electrons. The van der Waals surface area contributed by atoms with Gasteiger partial charge in [-0.1, -0.05) is 25.0 Å². The Morgan fingerprint density at radius 3 is 2.76 bits per heavy atom. The number of rotatable bonds is 7. The number of nitrogens with zero attached hydrogens (tertiary/aromatic N) is 1. The van der Waals surface area contributed by atoms with Crippen molar-refractivity contribution in [2.24, 2.45) is 5.92 Å². The highest BCUT2D eigenvalue weighted by Crippen LogP contribution is 2.32. The van der Waals surface area contributed by atoms with Crippen molar-refractivity contribution in [3.63, 3.8) is 0 Å². The molecule has 3 nitrogen and oxygen atoms in total. The van der Waals surface area contributed by atoms with Crippen LogP contribution >= 0.6 is 0 Å². The quantitative estimate of drug-likeness (QED) is 0.678. The van der Waals surface area contributed by atoms with E-state index >= 15 is 0 Å². The molecular formula is C14H17NO2. The maximum atomic E-state index is 8.87. The zero-order valence-electron chi connectivity index (χ0n) is 9.89. The first-order chi connectivity index (χ1) is 8.40. The standard InChI is InChI=1S/C14H17NO2/c15-11-13-3-1-2-4-14(13)17-10-9-16-8-7-12-5-6-12/h1-4,12H,5-10H2. The molecule has 0 amide bonds. The van der Waals surface area contributed by atoms with E-state index in [9.17, 15) is 0 Å². The predicted molar refractivity (Wildman–Crippen MR) is 64.8 cm³/mol. The fourth-order valence-corrected chi connectivity index (χ4v) is 1.65. The summed E-state index contributed by atoms with van der Waals surface area (Å²) in [5, 5.41) is 8.87. The largest absolute Gasteiger partial charge is 0.490 e. The molecule has 2 rings (SSSR count). The third-order valence-corrected chi connectivity index (χ3v) is 2.86. The van der Waals surface area contributed by atoms with Crippen LogP contribution in [0.2, 0.25) is 0 Å². The van der Waals surface area contributed by atoms with Gasteiger partial charge in [0.05, 0.1) is 12.2 Å². The fraction of sp³-hybridized carbons (Fsp3) is 0.500. The molecule has 0 saturated heterocycles. The number of hydrogen-bond donors (Lipinski definition) is 0. The minimum atomic E-state index is 0.503. The zero-order chi connectivity index (χ0) is 11.9. The van der Waals surface area contributed by atoms with Gasteiger partial charge in [0.15, 0.2) is 0 Å². The summed E-state index contributed by atoms with van der Waals surface area (Å²) in [7, 11) is 0. The van der Waals surface area contributed by atoms with Gasteiger partial charge in [0.2, 0.25) is 0 Å². The van der Waals surface area contributed by atoms with Crippen molar-refractivity contribution >= 4 is 0 Å². The molecule has 1 aromatic rings. The lowest BCUT2D eigenvalue weighted by Crippen LogP contribution is -2.08. The summed E-state index contributed by atoms with van der Waals surface area (Å²) < 4.78 is 11.0. The molecular weight excluding hydrogens is 214 g/mol. The minimum absolute atomic E-state index is 0.503. The Morgan fingerprint density at radius 1 is 1.18 bits per heavy atom. The summed E-state index contributed by atoms with van der Waals surface area (Å²) in [6, 6.07) is 9.36. The highest BCUT2D eigenvalue weighted by atomic mass is 16.5. The lowest BCUT2D eigenvalue weighted by molar-refractivity contribution is 0.0957. The number of hydrogen-bond acceptors (Lipinski definition) is 3. The molecule has 0 atom stereocenters. The van der Waals surface area contributed by atoms with Gasteiger partial charge in [-0.25, -0.2) is 0 Å². The van der Waals surface area contributed by atoms with Gasteiger partial charge in [0.25, 0.3) is 0 Å². The van der Waals surface area contributed by atoms with Gasteiger partial charge >= 0.3 is 0 Å². The van der Waals surface area contributed by atoms with Gasteiger partial charge in [0, 0.05) is 6.61 Å². The van der Waals surface area contributed by atoms with Crippen molar-refractivity contribution in [3.05, 3.63) is 29.8 Å². The van der Waals surface area contributed by atoms with Crippen LogP contribution in [0.15, 0.2) is 24.3 Å². The molecule has 90 valence electrons. The second-order valence-corrected chi connectivity index (χ2v) is 4.30. The van der Waals surface area contributed by atoms with E-state index in [0.717, 1.165) is 12.5 Å². The predicted octanol–water partition coefficient (Wildman–Crippen LogP) is 2.75. The molecule has 0 spiro atoms. The summed E-state index contributed by atoms with van der Waals surface area (Å²) in [4.78, 5) is 0. The summed E-state index contributed by atoms with van der Waals surface area (Å²) in [5.74, 6) is 1.55. The Hall–Kier alpha value is -1.53. The van der Waals surface area contributed by atoms with Crippen molar-refractivity contribution < 1.29 is 9.47 Å². The van der Waals surface area contributed by atoms with Crippen LogP contribution in [-0.2, 0) is 4.74 Å². The number of para-hydroxylation sites is 1. The van der Waals surface area contributed by atoms with E-state index in [-0.39, 0.29) is 0 Å². The minimum Gasteiger partial charge on any atom is -0.490 e. The first-order valence-electron chi connectivity index (χ1n) is 6.10. The molecule has 0 aliphatic heterocycles. The van der Waals surface area contributed by atoms with Crippen LogP contribution in [0.1, 0.15) is 24.8 Å². The first-order valence-corrected chi connectivity index (χ1v) is 6.10. The molecule has 0 bridgehead atoms. The summed E-state index contributed by atoms with van der Waals surface area (Å²) in [5.41, 5.74) is 0.575. The third kappa shape index (κ3) is 4.08. The average molecular weight is 231 g/mol. The molecule has 1 saturated carbocycles. The first kappa shape index (κ1) is 11.9. The lowest BCUT2D eigenvalue weighted by Gasteiger charge is -2.08. The highest BCUT2D eigenvalue weighted by Gasteiger charge is 2.20. The fourth-order valence-electron chi connectivity index (χ4n) is 1.65. The van der Waals surface area contributed by atoms with Gasteiger partial charge in [-0.05, 0) is 24.5 Å². The van der Waals surface area contributed by atoms with E-state index in [4.69, 9.17) is 14.7 Å². The van der Waals surface area contributed by atoms with Crippen LogP contribution in [0, 0.1) is 17.2 Å². The SMILES string of the molecule is N#Cc1ccccc1OCCOCCC1CC1. The van der Waals surface area contributed by atoms with Crippen LogP contribution in [0.3, 0.4) is 0 Å². The number of ether oxygens (including phenoxy) is 2. The second kappa shape index (κ2) is 6.27. The van der Waals surface area contributed by atoms with Crippen molar-refractivity contribution in [3.8, 4) is 11.8 Å². The van der Waals surface area contributed by atoms with Crippen molar-refractivity contribution in [2.45, 2.75) is 19.3 Å². The second-order valence-electron chi connectivity index (χ2n) is 4.30. The van der Waals surface area contributed by atoms with Crippen molar-refractivity contribution in [1.82, 2.24) is 0 Å². The van der Waals surface area contributed by atoms with Gasteiger partial charge < -0.3 is 9.47 Å². The normalized spacial score (nSPS) is 14.3. The third-order valence-electron chi connectivity index (χ3n) is 2.86. The molecule has 1 aliphatic carbocycles. The van der Waals surface area contributed by atoms with E-state index in [2.05, 4.69) is 6.07 Å². The van der Waals surface area contributed by atoms with E-state index in [1.807, 2.05) is 18.2 Å². The highest BCUT2D eigenvalue weighted by molar-refractivity contribution is 5.42. The monoisotopic (exact) mass is 231 g/mol. The molecule has 0 unspecified atom stereocenters. The van der Waals surface area contributed by atoms with Crippen LogP contribution in [-0.4, -0.2) is 19.8 Å².